The third kappa shape index (κ3) is 3.09. The zero-order valence-electron chi connectivity index (χ0n) is 11.6. The molecule has 20 heavy (non-hydrogen) atoms. The number of aliphatic carboxylic acids is 1. The van der Waals surface area contributed by atoms with Gasteiger partial charge in [-0.2, -0.15) is 0 Å². The average molecular weight is 280 g/mol. The molecule has 1 unspecified atom stereocenters. The van der Waals surface area contributed by atoms with Crippen LogP contribution in [-0.4, -0.2) is 44.6 Å². The van der Waals surface area contributed by atoms with Gasteiger partial charge in [0.25, 0.3) is 0 Å². The maximum atomic E-state index is 12.1. The Morgan fingerprint density at radius 3 is 3.05 bits per heavy atom. The van der Waals surface area contributed by atoms with Crippen molar-refractivity contribution in [3.8, 4) is 0 Å². The Balaban J connectivity index is 2.01. The van der Waals surface area contributed by atoms with Crippen molar-refractivity contribution in [2.45, 2.75) is 45.2 Å². The first-order valence-electron chi connectivity index (χ1n) is 6.92. The number of carbonyl (C=O) groups is 2. The minimum absolute atomic E-state index is 0.247. The normalized spacial score (nSPS) is 17.6. The molecule has 1 aliphatic rings. The number of H-pyrrole nitrogens is 1. The SMILES string of the molecule is CCCCCNC(=O)N1Cc2[nH]cnc2CC1C(=O)O. The number of hydrogen-bond donors (Lipinski definition) is 3. The first-order chi connectivity index (χ1) is 9.63. The second kappa shape index (κ2) is 6.40. The minimum atomic E-state index is -0.998. The summed E-state index contributed by atoms with van der Waals surface area (Å²) in [6.07, 6.45) is 4.81. The van der Waals surface area contributed by atoms with E-state index < -0.39 is 12.0 Å². The van der Waals surface area contributed by atoms with Gasteiger partial charge in [0.2, 0.25) is 0 Å². The lowest BCUT2D eigenvalue weighted by Crippen LogP contribution is -2.52. The van der Waals surface area contributed by atoms with E-state index >= 15 is 0 Å². The molecule has 1 aromatic heterocycles. The molecule has 0 saturated carbocycles. The van der Waals surface area contributed by atoms with Gasteiger partial charge < -0.3 is 20.3 Å². The van der Waals surface area contributed by atoms with Gasteiger partial charge in [-0.15, -0.1) is 0 Å². The Labute approximate surface area is 117 Å². The maximum absolute atomic E-state index is 12.1. The second-order valence-corrected chi connectivity index (χ2v) is 4.95. The number of hydrogen-bond acceptors (Lipinski definition) is 3. The summed E-state index contributed by atoms with van der Waals surface area (Å²) < 4.78 is 0. The molecule has 0 aliphatic carbocycles. The van der Waals surface area contributed by atoms with Crippen LogP contribution in [0.25, 0.3) is 0 Å². The Kier molecular flexibility index (Phi) is 4.60. The van der Waals surface area contributed by atoms with Crippen molar-refractivity contribution in [2.75, 3.05) is 6.54 Å². The fourth-order valence-electron chi connectivity index (χ4n) is 2.34. The molecule has 1 aromatic rings. The number of carboxylic acids is 1. The minimum Gasteiger partial charge on any atom is -0.480 e. The van der Waals surface area contributed by atoms with E-state index in [0.717, 1.165) is 30.7 Å². The van der Waals surface area contributed by atoms with Crippen LogP contribution in [0, 0.1) is 0 Å². The number of rotatable bonds is 5. The summed E-state index contributed by atoms with van der Waals surface area (Å²) in [4.78, 5) is 31.8. The van der Waals surface area contributed by atoms with Crippen LogP contribution in [0.5, 0.6) is 0 Å². The third-order valence-corrected chi connectivity index (χ3v) is 3.50. The topological polar surface area (TPSA) is 98.3 Å². The van der Waals surface area contributed by atoms with Crippen molar-refractivity contribution in [3.05, 3.63) is 17.7 Å². The summed E-state index contributed by atoms with van der Waals surface area (Å²) in [7, 11) is 0. The van der Waals surface area contributed by atoms with E-state index in [1.54, 1.807) is 0 Å². The van der Waals surface area contributed by atoms with Gasteiger partial charge in [-0.1, -0.05) is 19.8 Å². The smallest absolute Gasteiger partial charge is 0.326 e. The molecule has 0 fully saturated rings. The summed E-state index contributed by atoms with van der Waals surface area (Å²) in [6, 6.07) is -1.18. The molecule has 2 rings (SSSR count). The number of amides is 2. The van der Waals surface area contributed by atoms with E-state index in [9.17, 15) is 14.7 Å². The molecule has 2 heterocycles. The number of nitrogens with one attached hydrogen (secondary N) is 2. The van der Waals surface area contributed by atoms with E-state index in [0.29, 0.717) is 6.54 Å². The largest absolute Gasteiger partial charge is 0.480 e. The lowest BCUT2D eigenvalue weighted by atomic mass is 10.0. The molecule has 0 spiro atoms. The molecule has 1 atom stereocenters. The van der Waals surface area contributed by atoms with Crippen LogP contribution in [0.4, 0.5) is 4.79 Å². The van der Waals surface area contributed by atoms with E-state index in [1.165, 1.54) is 11.2 Å². The fourth-order valence-corrected chi connectivity index (χ4v) is 2.34. The molecule has 2 amide bonds. The predicted molar refractivity (Wildman–Crippen MR) is 72.2 cm³/mol. The number of imidazole rings is 1. The highest BCUT2D eigenvalue weighted by Gasteiger charge is 2.35. The highest BCUT2D eigenvalue weighted by atomic mass is 16.4. The molecule has 0 aromatic carbocycles. The van der Waals surface area contributed by atoms with Crippen LogP contribution in [0.15, 0.2) is 6.33 Å². The molecular weight excluding hydrogens is 260 g/mol. The van der Waals surface area contributed by atoms with Crippen molar-refractivity contribution >= 4 is 12.0 Å². The van der Waals surface area contributed by atoms with Crippen LogP contribution in [-0.2, 0) is 17.8 Å². The van der Waals surface area contributed by atoms with Gasteiger partial charge in [0, 0.05) is 13.0 Å². The number of urea groups is 1. The van der Waals surface area contributed by atoms with Crippen LogP contribution in [0.3, 0.4) is 0 Å². The molecule has 1 aliphatic heterocycles. The second-order valence-electron chi connectivity index (χ2n) is 4.95. The number of fused-ring (bicyclic) bond motifs is 1. The standard InChI is InChI=1S/C13H20N4O3/c1-2-3-4-5-14-13(20)17-7-10-9(15-8-16-10)6-11(17)12(18)19/h8,11H,2-7H2,1H3,(H,14,20)(H,15,16)(H,18,19). The molecule has 0 radical (unpaired) electrons. The summed E-state index contributed by atoms with van der Waals surface area (Å²) in [5, 5.41) is 12.1. The molecule has 0 saturated heterocycles. The van der Waals surface area contributed by atoms with Crippen LogP contribution >= 0.6 is 0 Å². The highest BCUT2D eigenvalue weighted by molar-refractivity contribution is 5.83. The van der Waals surface area contributed by atoms with Crippen molar-refractivity contribution in [1.29, 1.82) is 0 Å². The van der Waals surface area contributed by atoms with Gasteiger partial charge in [0.1, 0.15) is 6.04 Å². The highest BCUT2D eigenvalue weighted by Crippen LogP contribution is 2.20. The number of aromatic amines is 1. The molecule has 7 nitrogen and oxygen atoms in total. The van der Waals surface area contributed by atoms with Gasteiger partial charge in [0.15, 0.2) is 0 Å². The van der Waals surface area contributed by atoms with E-state index in [-0.39, 0.29) is 19.0 Å². The van der Waals surface area contributed by atoms with Gasteiger partial charge in [-0.05, 0) is 6.42 Å². The Hall–Kier alpha value is -2.05. The van der Waals surface area contributed by atoms with Crippen molar-refractivity contribution in [1.82, 2.24) is 20.2 Å². The quantitative estimate of drug-likeness (QED) is 0.704. The van der Waals surface area contributed by atoms with E-state index in [2.05, 4.69) is 22.2 Å². The zero-order chi connectivity index (χ0) is 14.5. The van der Waals surface area contributed by atoms with E-state index in [4.69, 9.17) is 0 Å². The number of nitrogens with zero attached hydrogens (tertiary/aromatic N) is 2. The first kappa shape index (κ1) is 14.4. The third-order valence-electron chi connectivity index (χ3n) is 3.50. The molecule has 110 valence electrons. The average Bonchev–Trinajstić information content (AvgIpc) is 2.89. The van der Waals surface area contributed by atoms with Crippen LogP contribution in [0.2, 0.25) is 0 Å². The first-order valence-corrected chi connectivity index (χ1v) is 6.92. The lowest BCUT2D eigenvalue weighted by molar-refractivity contribution is -0.142. The van der Waals surface area contributed by atoms with Gasteiger partial charge in [-0.25, -0.2) is 14.6 Å². The summed E-state index contributed by atoms with van der Waals surface area (Å²) in [5.41, 5.74) is 1.54. The Morgan fingerprint density at radius 1 is 1.55 bits per heavy atom. The van der Waals surface area contributed by atoms with Crippen LogP contribution in [0.1, 0.15) is 37.6 Å². The number of unbranched alkanes of at least 4 members (excludes halogenated alkanes) is 2. The Morgan fingerprint density at radius 2 is 2.35 bits per heavy atom. The van der Waals surface area contributed by atoms with Crippen molar-refractivity contribution in [3.63, 3.8) is 0 Å². The van der Waals surface area contributed by atoms with Crippen molar-refractivity contribution in [2.24, 2.45) is 0 Å². The maximum Gasteiger partial charge on any atom is 0.326 e. The van der Waals surface area contributed by atoms with E-state index in [1.807, 2.05) is 0 Å². The number of carbonyl (C=O) groups excluding carboxylic acids is 1. The summed E-state index contributed by atoms with van der Waals surface area (Å²) >= 11 is 0. The number of aromatic nitrogens is 2. The van der Waals surface area contributed by atoms with Crippen LogP contribution < -0.4 is 5.32 Å². The fraction of sp³-hybridized carbons (Fsp3) is 0.615. The lowest BCUT2D eigenvalue weighted by Gasteiger charge is -2.32. The Bertz CT molecular complexity index is 486. The van der Waals surface area contributed by atoms with Crippen molar-refractivity contribution < 1.29 is 14.7 Å². The summed E-state index contributed by atoms with van der Waals surface area (Å²) in [6.45, 7) is 2.92. The molecule has 3 N–H and O–H groups in total. The van der Waals surface area contributed by atoms with Gasteiger partial charge >= 0.3 is 12.0 Å². The summed E-state index contributed by atoms with van der Waals surface area (Å²) in [5.74, 6) is -0.998. The van der Waals surface area contributed by atoms with Gasteiger partial charge in [-0.3, -0.25) is 0 Å². The predicted octanol–water partition coefficient (Wildman–Crippen LogP) is 1.12. The molecular formula is C13H20N4O3. The molecule has 0 bridgehead atoms. The monoisotopic (exact) mass is 280 g/mol. The number of carboxylic acid groups (broad SMARTS) is 1. The van der Waals surface area contributed by atoms with Gasteiger partial charge in [0.05, 0.1) is 24.3 Å². The molecule has 7 heteroatoms. The zero-order valence-corrected chi connectivity index (χ0v) is 11.6.